The third kappa shape index (κ3) is 7.43. The summed E-state index contributed by atoms with van der Waals surface area (Å²) in [5.41, 5.74) is 5.12. The number of benzene rings is 2. The normalized spacial score (nSPS) is 19.8. The number of piperidine rings is 1. The number of nitrogens with one attached hydrogen (secondary N) is 2. The largest absolute Gasteiger partial charge is 0.384 e. The molecule has 18 heteroatoms. The molecule has 0 saturated carbocycles. The predicted molar refractivity (Wildman–Crippen MR) is 243 cm³/mol. The highest BCUT2D eigenvalue weighted by Crippen LogP contribution is 2.37. The molecule has 4 aliphatic rings. The van der Waals surface area contributed by atoms with Gasteiger partial charge in [0.1, 0.15) is 16.8 Å². The zero-order valence-electron chi connectivity index (χ0n) is 36.3. The Kier molecular flexibility index (Phi) is 10.4. The molecule has 64 heavy (non-hydrogen) atoms. The molecule has 7 heterocycles. The van der Waals surface area contributed by atoms with Gasteiger partial charge in [0.25, 0.3) is 5.56 Å². The number of carbonyl (C=O) groups is 2. The molecule has 4 aromatic heterocycles. The molecule has 1 atom stereocenters. The van der Waals surface area contributed by atoms with E-state index in [-0.39, 0.29) is 36.8 Å². The number of hydrogen-bond acceptors (Lipinski definition) is 12. The molecular weight excluding hydrogens is 818 g/mol. The third-order valence-corrected chi connectivity index (χ3v) is 13.4. The molecule has 332 valence electrons. The second kappa shape index (κ2) is 16.2. The molecule has 3 saturated heterocycles. The van der Waals surface area contributed by atoms with Gasteiger partial charge in [-0.15, -0.1) is 6.58 Å². The number of aromatic nitrogens is 7. The number of fused-ring (bicyclic) bond motifs is 3. The van der Waals surface area contributed by atoms with Crippen LogP contribution in [-0.4, -0.2) is 108 Å². The van der Waals surface area contributed by atoms with E-state index >= 15 is 4.39 Å². The summed E-state index contributed by atoms with van der Waals surface area (Å²) in [5, 5.41) is 22.1. The van der Waals surface area contributed by atoms with Crippen LogP contribution in [-0.2, 0) is 30.4 Å². The van der Waals surface area contributed by atoms with E-state index in [4.69, 9.17) is 9.97 Å². The fourth-order valence-electron chi connectivity index (χ4n) is 9.93. The molecule has 2 aromatic carbocycles. The van der Waals surface area contributed by atoms with Gasteiger partial charge in [0.2, 0.25) is 11.9 Å². The van der Waals surface area contributed by atoms with Gasteiger partial charge in [-0.25, -0.2) is 28.5 Å². The summed E-state index contributed by atoms with van der Waals surface area (Å²) in [7, 11) is 1.78. The number of aliphatic hydroxyl groups is 1. The van der Waals surface area contributed by atoms with Crippen LogP contribution in [0.5, 0.6) is 0 Å². The van der Waals surface area contributed by atoms with Gasteiger partial charge in [0.15, 0.2) is 17.3 Å². The van der Waals surface area contributed by atoms with Gasteiger partial charge in [-0.1, -0.05) is 12.1 Å². The Bertz CT molecular complexity index is 2900. The summed E-state index contributed by atoms with van der Waals surface area (Å²) < 4.78 is 20.6. The van der Waals surface area contributed by atoms with E-state index in [9.17, 15) is 19.5 Å². The number of allylic oxidation sites excluding steroid dienone is 1. The number of nitrogens with zero attached hydrogens (tertiary/aromatic N) is 11. The first kappa shape index (κ1) is 41.4. The topological polar surface area (TPSA) is 175 Å². The average molecular weight is 870 g/mol. The molecule has 3 fully saturated rings. The molecule has 6 aromatic rings. The Morgan fingerprint density at radius 1 is 0.953 bits per heavy atom. The van der Waals surface area contributed by atoms with Crippen molar-refractivity contribution in [2.45, 2.75) is 58.1 Å². The molecule has 17 nitrogen and oxygen atoms in total. The highest BCUT2D eigenvalue weighted by Gasteiger charge is 2.35. The fourth-order valence-corrected chi connectivity index (χ4v) is 9.93. The van der Waals surface area contributed by atoms with E-state index in [2.05, 4.69) is 61.1 Å². The smallest absolute Gasteiger partial charge is 0.329 e. The lowest BCUT2D eigenvalue weighted by Gasteiger charge is -2.40. The highest BCUT2D eigenvalue weighted by molar-refractivity contribution is 6.09. The van der Waals surface area contributed by atoms with Gasteiger partial charge < -0.3 is 20.2 Å². The van der Waals surface area contributed by atoms with Crippen molar-refractivity contribution in [1.82, 2.24) is 44.3 Å². The first-order chi connectivity index (χ1) is 30.8. The first-order valence-electron chi connectivity index (χ1n) is 22.1. The van der Waals surface area contributed by atoms with Crippen LogP contribution < -0.4 is 30.9 Å². The summed E-state index contributed by atoms with van der Waals surface area (Å²) in [6.07, 6.45) is 6.63. The number of aryl methyl sites for hydroxylation is 3. The summed E-state index contributed by atoms with van der Waals surface area (Å²) in [5.74, 6) is 1.02. The second-order valence-electron chi connectivity index (χ2n) is 17.7. The van der Waals surface area contributed by atoms with Crippen molar-refractivity contribution in [3.05, 3.63) is 94.3 Å². The van der Waals surface area contributed by atoms with Gasteiger partial charge in [-0.2, -0.15) is 10.1 Å². The number of imide groups is 1. The molecule has 3 amide bonds. The number of pyridine rings is 1. The molecule has 0 bridgehead atoms. The summed E-state index contributed by atoms with van der Waals surface area (Å²) in [6, 6.07) is 12.8. The number of amides is 3. The van der Waals surface area contributed by atoms with E-state index in [0.29, 0.717) is 57.7 Å². The quantitative estimate of drug-likeness (QED) is 0.160. The first-order valence-corrected chi connectivity index (χ1v) is 22.1. The molecule has 0 unspecified atom stereocenters. The van der Waals surface area contributed by atoms with E-state index in [1.807, 2.05) is 24.3 Å². The molecule has 10 rings (SSSR count). The number of halogens is 1. The minimum atomic E-state index is -1.05. The van der Waals surface area contributed by atoms with Gasteiger partial charge in [-0.05, 0) is 93.0 Å². The van der Waals surface area contributed by atoms with Crippen LogP contribution in [0.2, 0.25) is 0 Å². The van der Waals surface area contributed by atoms with Gasteiger partial charge in [0.05, 0.1) is 23.4 Å². The standard InChI is InChI=1S/C46H52FN13O4/c1-5-15-59-43(62)33-26-48-44(52-41(33)60(59)38-9-6-30-10-14-46(3,64)40(30)50-38)49-31-7-8-35(28(2)23-31)57-21-19-55(20-22-57)27-29-11-16-56(17-12-29)37-25-36-32(24-34(37)47)42(53-54(36)4)58-18-13-39(61)51-45(58)63/h5-9,23-26,29,64H,1,10-22,27H2,2-4H3,(H,48,49,52)(H,51,61,63)/t46-/m1/s1. The number of carbonyl (C=O) groups excluding carboxylic acids is 2. The maximum Gasteiger partial charge on any atom is 0.329 e. The Morgan fingerprint density at radius 3 is 2.48 bits per heavy atom. The second-order valence-corrected chi connectivity index (χ2v) is 17.7. The van der Waals surface area contributed by atoms with Crippen LogP contribution >= 0.6 is 0 Å². The summed E-state index contributed by atoms with van der Waals surface area (Å²) >= 11 is 0. The van der Waals surface area contributed by atoms with Crippen LogP contribution in [0.15, 0.2) is 66.1 Å². The van der Waals surface area contributed by atoms with Crippen LogP contribution in [0.4, 0.5) is 38.0 Å². The van der Waals surface area contributed by atoms with Gasteiger partial charge >= 0.3 is 6.03 Å². The Balaban J connectivity index is 0.761. The lowest BCUT2D eigenvalue weighted by Crippen LogP contribution is -2.49. The maximum absolute atomic E-state index is 15.7. The minimum Gasteiger partial charge on any atom is -0.384 e. The Morgan fingerprint density at radius 2 is 1.73 bits per heavy atom. The number of rotatable bonds is 10. The van der Waals surface area contributed by atoms with Gasteiger partial charge in [-0.3, -0.25) is 29.4 Å². The zero-order valence-corrected chi connectivity index (χ0v) is 36.3. The maximum atomic E-state index is 15.7. The Labute approximate surface area is 368 Å². The summed E-state index contributed by atoms with van der Waals surface area (Å²) in [6.45, 7) is 14.4. The van der Waals surface area contributed by atoms with Crippen LogP contribution in [0.25, 0.3) is 27.8 Å². The van der Waals surface area contributed by atoms with E-state index in [1.54, 1.807) is 35.6 Å². The number of anilines is 5. The lowest BCUT2D eigenvalue weighted by molar-refractivity contribution is -0.120. The highest BCUT2D eigenvalue weighted by atomic mass is 19.1. The molecular formula is C46H52FN13O4. The lowest BCUT2D eigenvalue weighted by atomic mass is 9.95. The van der Waals surface area contributed by atoms with Crippen molar-refractivity contribution in [2.24, 2.45) is 13.0 Å². The molecule has 0 radical (unpaired) electrons. The number of piperazine rings is 1. The van der Waals surface area contributed by atoms with Gasteiger partial charge in [0, 0.05) is 88.8 Å². The summed E-state index contributed by atoms with van der Waals surface area (Å²) in [4.78, 5) is 60.4. The van der Waals surface area contributed by atoms with Crippen molar-refractivity contribution >= 4 is 62.7 Å². The van der Waals surface area contributed by atoms with E-state index in [1.165, 1.54) is 21.3 Å². The van der Waals surface area contributed by atoms with Crippen LogP contribution in [0.1, 0.15) is 49.4 Å². The van der Waals surface area contributed by atoms with Crippen LogP contribution in [0.3, 0.4) is 0 Å². The van der Waals surface area contributed by atoms with E-state index in [0.717, 1.165) is 87.4 Å². The minimum absolute atomic E-state index is 0.168. The SMILES string of the molecule is C=CCn1c(=O)c2cnc(Nc3ccc(N4CCN(CC5CCN(c6cc7c(cc6F)c(N6CCC(=O)NC6=O)nn7C)CC5)CC4)c(C)c3)nc2n1-c1ccc2c(n1)[C@](C)(O)CC2. The third-order valence-electron chi connectivity index (χ3n) is 13.4. The predicted octanol–water partition coefficient (Wildman–Crippen LogP) is 4.88. The molecule has 1 aliphatic carbocycles. The monoisotopic (exact) mass is 869 g/mol. The Hall–Kier alpha value is -6.66. The van der Waals surface area contributed by atoms with Crippen molar-refractivity contribution in [3.63, 3.8) is 0 Å². The van der Waals surface area contributed by atoms with Crippen LogP contribution in [0, 0.1) is 18.7 Å². The zero-order chi connectivity index (χ0) is 44.4. The number of hydrogen-bond donors (Lipinski definition) is 3. The molecule has 0 spiro atoms. The number of urea groups is 1. The van der Waals surface area contributed by atoms with Crippen molar-refractivity contribution in [1.29, 1.82) is 0 Å². The molecule has 3 aliphatic heterocycles. The van der Waals surface area contributed by atoms with E-state index < -0.39 is 11.6 Å². The average Bonchev–Trinajstić information content (AvgIpc) is 3.86. The fraction of sp³-hybridized carbons (Fsp3) is 0.413. The van der Waals surface area contributed by atoms with Crippen molar-refractivity contribution in [3.8, 4) is 5.82 Å². The molecule has 3 N–H and O–H groups in total. The van der Waals surface area contributed by atoms with Crippen molar-refractivity contribution in [2.75, 3.05) is 72.4 Å². The van der Waals surface area contributed by atoms with Crippen molar-refractivity contribution < 1.29 is 19.1 Å².